The summed E-state index contributed by atoms with van der Waals surface area (Å²) in [7, 11) is 0. The maximum atomic E-state index is 13.2. The molecule has 1 saturated carbocycles. The van der Waals surface area contributed by atoms with Gasteiger partial charge in [0.25, 0.3) is 5.56 Å². The van der Waals surface area contributed by atoms with Crippen molar-refractivity contribution in [3.63, 3.8) is 0 Å². The third-order valence-corrected chi connectivity index (χ3v) is 5.33. The second-order valence-corrected chi connectivity index (χ2v) is 7.09. The van der Waals surface area contributed by atoms with Crippen LogP contribution >= 0.6 is 0 Å². The zero-order valence-corrected chi connectivity index (χ0v) is 15.2. The number of hydrogen-bond donors (Lipinski definition) is 0. The lowest BCUT2D eigenvalue weighted by Crippen LogP contribution is -2.31. The van der Waals surface area contributed by atoms with Gasteiger partial charge in [-0.15, -0.1) is 0 Å². The molecule has 4 rings (SSSR count). The van der Waals surface area contributed by atoms with Gasteiger partial charge in [0.1, 0.15) is 17.6 Å². The minimum atomic E-state index is -4.21. The molecular weight excluding hydrogens is 383 g/mol. The first-order valence-electron chi connectivity index (χ1n) is 9.19. The van der Waals surface area contributed by atoms with E-state index >= 15 is 0 Å². The molecule has 1 aliphatic rings. The Kier molecular flexibility index (Phi) is 4.78. The smallest absolute Gasteiger partial charge is 0.266 e. The number of alkyl halides is 3. The summed E-state index contributed by atoms with van der Waals surface area (Å²) in [5, 5.41) is 8.95. The average molecular weight is 399 g/mol. The van der Waals surface area contributed by atoms with Crippen molar-refractivity contribution in [1.82, 2.24) is 19.5 Å². The summed E-state index contributed by atoms with van der Waals surface area (Å²) in [6, 6.07) is 8.29. The number of rotatable bonds is 2. The summed E-state index contributed by atoms with van der Waals surface area (Å²) in [6.45, 7) is 0. The Balaban J connectivity index is 1.82. The normalized spacial score (nSPS) is 19.8. The average Bonchev–Trinajstić information content (AvgIpc) is 2.73. The highest BCUT2D eigenvalue weighted by atomic mass is 19.4. The van der Waals surface area contributed by atoms with E-state index in [4.69, 9.17) is 5.26 Å². The van der Waals surface area contributed by atoms with Gasteiger partial charge in [0, 0.05) is 12.1 Å². The highest BCUT2D eigenvalue weighted by Gasteiger charge is 2.42. The van der Waals surface area contributed by atoms with Crippen LogP contribution in [0.3, 0.4) is 0 Å². The van der Waals surface area contributed by atoms with Crippen molar-refractivity contribution in [2.45, 2.75) is 37.8 Å². The molecule has 0 saturated heterocycles. The van der Waals surface area contributed by atoms with Crippen molar-refractivity contribution >= 4 is 11.0 Å². The second-order valence-electron chi connectivity index (χ2n) is 7.09. The van der Waals surface area contributed by atoms with Crippen molar-refractivity contribution in [2.75, 3.05) is 0 Å². The minimum Gasteiger partial charge on any atom is -0.266 e. The van der Waals surface area contributed by atoms with E-state index in [9.17, 15) is 18.0 Å². The first-order chi connectivity index (χ1) is 13.9. The first kappa shape index (κ1) is 19.1. The topological polar surface area (TPSA) is 84.5 Å². The zero-order chi connectivity index (χ0) is 20.6. The maximum absolute atomic E-state index is 13.2. The van der Waals surface area contributed by atoms with Crippen molar-refractivity contribution in [3.05, 3.63) is 58.5 Å². The molecular formula is C20H16F3N5O. The fourth-order valence-electron chi connectivity index (χ4n) is 3.82. The lowest BCUT2D eigenvalue weighted by molar-refractivity contribution is -0.182. The number of nitrogens with zero attached hydrogens (tertiary/aromatic N) is 5. The van der Waals surface area contributed by atoms with E-state index in [-0.39, 0.29) is 42.8 Å². The third-order valence-electron chi connectivity index (χ3n) is 5.33. The molecule has 1 aliphatic carbocycles. The van der Waals surface area contributed by atoms with E-state index in [0.717, 1.165) is 0 Å². The summed E-state index contributed by atoms with van der Waals surface area (Å²) in [5.74, 6) is -1.21. The Labute approximate surface area is 163 Å². The number of fused-ring (bicyclic) bond motifs is 1. The largest absolute Gasteiger partial charge is 0.391 e. The van der Waals surface area contributed by atoms with Crippen molar-refractivity contribution in [3.8, 4) is 11.8 Å². The van der Waals surface area contributed by atoms with Gasteiger partial charge >= 0.3 is 6.18 Å². The lowest BCUT2D eigenvalue weighted by atomic mass is 9.81. The molecule has 0 radical (unpaired) electrons. The third kappa shape index (κ3) is 3.58. The molecule has 29 heavy (non-hydrogen) atoms. The molecule has 0 aliphatic heterocycles. The van der Waals surface area contributed by atoms with E-state index in [2.05, 4.69) is 15.0 Å². The second kappa shape index (κ2) is 7.28. The van der Waals surface area contributed by atoms with Gasteiger partial charge in [-0.2, -0.15) is 18.4 Å². The van der Waals surface area contributed by atoms with E-state index in [0.29, 0.717) is 17.0 Å². The SMILES string of the molecule is N#Cc1ccc(-n2c(C3CCC(C(F)(F)F)CC3)nc3cccnc3c2=O)cn1. The Hall–Kier alpha value is -3.28. The first-order valence-corrected chi connectivity index (χ1v) is 9.19. The molecule has 1 fully saturated rings. The molecule has 9 heteroatoms. The predicted octanol–water partition coefficient (Wildman–Crippen LogP) is 3.88. The Morgan fingerprint density at radius 3 is 2.48 bits per heavy atom. The molecule has 3 heterocycles. The number of halogens is 3. The quantitative estimate of drug-likeness (QED) is 0.653. The lowest BCUT2D eigenvalue weighted by Gasteiger charge is -2.30. The van der Waals surface area contributed by atoms with Crippen LogP contribution in [0.15, 0.2) is 41.5 Å². The van der Waals surface area contributed by atoms with Crippen LogP contribution in [0.1, 0.15) is 43.1 Å². The Bertz CT molecular complexity index is 1140. The van der Waals surface area contributed by atoms with Gasteiger partial charge < -0.3 is 0 Å². The summed E-state index contributed by atoms with van der Waals surface area (Å²) >= 11 is 0. The van der Waals surface area contributed by atoms with E-state index in [1.165, 1.54) is 23.0 Å². The van der Waals surface area contributed by atoms with E-state index in [1.54, 1.807) is 18.2 Å². The molecule has 6 nitrogen and oxygen atoms in total. The molecule has 0 aromatic carbocycles. The maximum Gasteiger partial charge on any atom is 0.391 e. The number of pyridine rings is 2. The van der Waals surface area contributed by atoms with Gasteiger partial charge in [0.05, 0.1) is 23.3 Å². The summed E-state index contributed by atoms with van der Waals surface area (Å²) in [5.41, 5.74) is 0.769. The van der Waals surface area contributed by atoms with Crippen LogP contribution in [0.5, 0.6) is 0 Å². The fourth-order valence-corrected chi connectivity index (χ4v) is 3.82. The van der Waals surface area contributed by atoms with Crippen LogP contribution in [-0.4, -0.2) is 25.7 Å². The standard InChI is InChI=1S/C20H16F3N5O/c21-20(22,23)13-5-3-12(4-6-13)18-27-16-2-1-9-25-17(16)19(29)28(18)15-8-7-14(10-24)26-11-15/h1-2,7-9,11-13H,3-6H2. The zero-order valence-electron chi connectivity index (χ0n) is 15.2. The summed E-state index contributed by atoms with van der Waals surface area (Å²) < 4.78 is 40.5. The van der Waals surface area contributed by atoms with Gasteiger partial charge in [0.15, 0.2) is 5.52 Å². The molecule has 0 amide bonds. The summed E-state index contributed by atoms with van der Waals surface area (Å²) in [6.07, 6.45) is -0.760. The van der Waals surface area contributed by atoms with Crippen molar-refractivity contribution in [2.24, 2.45) is 5.92 Å². The van der Waals surface area contributed by atoms with E-state index < -0.39 is 17.7 Å². The fraction of sp³-hybridized carbons (Fsp3) is 0.350. The highest BCUT2D eigenvalue weighted by molar-refractivity contribution is 5.73. The van der Waals surface area contributed by atoms with Crippen molar-refractivity contribution < 1.29 is 13.2 Å². The molecule has 0 spiro atoms. The minimum absolute atomic E-state index is 0.000728. The number of aromatic nitrogens is 4. The van der Waals surface area contributed by atoms with Crippen LogP contribution < -0.4 is 5.56 Å². The molecule has 148 valence electrons. The van der Waals surface area contributed by atoms with Crippen LogP contribution in [0, 0.1) is 17.2 Å². The highest BCUT2D eigenvalue weighted by Crippen LogP contribution is 2.42. The van der Waals surface area contributed by atoms with Crippen LogP contribution in [0.25, 0.3) is 16.7 Å². The predicted molar refractivity (Wildman–Crippen MR) is 98.4 cm³/mol. The van der Waals surface area contributed by atoms with Crippen LogP contribution in [0.4, 0.5) is 13.2 Å². The molecule has 0 atom stereocenters. The Morgan fingerprint density at radius 1 is 1.10 bits per heavy atom. The monoisotopic (exact) mass is 399 g/mol. The van der Waals surface area contributed by atoms with Gasteiger partial charge in [0.2, 0.25) is 0 Å². The van der Waals surface area contributed by atoms with E-state index in [1.807, 2.05) is 6.07 Å². The molecule has 3 aromatic rings. The molecule has 0 unspecified atom stereocenters. The van der Waals surface area contributed by atoms with Gasteiger partial charge in [-0.3, -0.25) is 9.36 Å². The molecule has 0 bridgehead atoms. The van der Waals surface area contributed by atoms with Gasteiger partial charge in [-0.1, -0.05) is 0 Å². The summed E-state index contributed by atoms with van der Waals surface area (Å²) in [4.78, 5) is 25.9. The van der Waals surface area contributed by atoms with Crippen molar-refractivity contribution in [1.29, 1.82) is 5.26 Å². The molecule has 0 N–H and O–H groups in total. The molecule has 3 aromatic heterocycles. The Morgan fingerprint density at radius 2 is 1.86 bits per heavy atom. The van der Waals surface area contributed by atoms with Crippen LogP contribution in [-0.2, 0) is 0 Å². The van der Waals surface area contributed by atoms with Gasteiger partial charge in [-0.05, 0) is 49.9 Å². The number of hydrogen-bond acceptors (Lipinski definition) is 5. The number of nitriles is 1. The van der Waals surface area contributed by atoms with Crippen LogP contribution in [0.2, 0.25) is 0 Å². The van der Waals surface area contributed by atoms with Gasteiger partial charge in [-0.25, -0.2) is 15.0 Å².